The number of halogens is 3. The van der Waals surface area contributed by atoms with Gasteiger partial charge in [0.05, 0.1) is 0 Å². The fourth-order valence-electron chi connectivity index (χ4n) is 1.20. The van der Waals surface area contributed by atoms with Gasteiger partial charge in [0.15, 0.2) is 0 Å². The standard InChI is InChI=1S/C11H11ClF2O/c1-2-10(15)11(13,14)7-8-4-3-5-9(12)6-8/h2-6,10,15H,1,7H2. The van der Waals surface area contributed by atoms with Gasteiger partial charge in [0.2, 0.25) is 0 Å². The van der Waals surface area contributed by atoms with Gasteiger partial charge >= 0.3 is 0 Å². The highest BCUT2D eigenvalue weighted by molar-refractivity contribution is 6.30. The molecule has 1 rings (SSSR count). The van der Waals surface area contributed by atoms with Gasteiger partial charge in [0.1, 0.15) is 6.10 Å². The van der Waals surface area contributed by atoms with Gasteiger partial charge < -0.3 is 5.11 Å². The van der Waals surface area contributed by atoms with Gasteiger partial charge in [-0.05, 0) is 17.7 Å². The maximum absolute atomic E-state index is 13.3. The smallest absolute Gasteiger partial charge is 0.280 e. The number of aliphatic hydroxyl groups excluding tert-OH is 1. The zero-order valence-electron chi connectivity index (χ0n) is 7.96. The monoisotopic (exact) mass is 232 g/mol. The first-order valence-corrected chi connectivity index (χ1v) is 4.76. The van der Waals surface area contributed by atoms with E-state index in [2.05, 4.69) is 6.58 Å². The fourth-order valence-corrected chi connectivity index (χ4v) is 1.41. The van der Waals surface area contributed by atoms with Crippen LogP contribution in [0.1, 0.15) is 5.56 Å². The third-order valence-electron chi connectivity index (χ3n) is 1.98. The molecule has 0 aliphatic rings. The molecule has 1 nitrogen and oxygen atoms in total. The molecule has 4 heteroatoms. The Kier molecular flexibility index (Phi) is 3.83. The number of hydrogen-bond acceptors (Lipinski definition) is 1. The highest BCUT2D eigenvalue weighted by Gasteiger charge is 2.36. The highest BCUT2D eigenvalue weighted by atomic mass is 35.5. The van der Waals surface area contributed by atoms with Crippen molar-refractivity contribution >= 4 is 11.6 Å². The van der Waals surface area contributed by atoms with Gasteiger partial charge in [-0.3, -0.25) is 0 Å². The van der Waals surface area contributed by atoms with Gasteiger partial charge in [0.25, 0.3) is 5.92 Å². The number of hydrogen-bond donors (Lipinski definition) is 1. The van der Waals surface area contributed by atoms with Crippen LogP contribution in [0.15, 0.2) is 36.9 Å². The third kappa shape index (κ3) is 3.29. The predicted molar refractivity (Wildman–Crippen MR) is 56.3 cm³/mol. The summed E-state index contributed by atoms with van der Waals surface area (Å²) in [7, 11) is 0. The molecule has 1 aromatic rings. The average Bonchev–Trinajstić information content (AvgIpc) is 2.15. The van der Waals surface area contributed by atoms with E-state index in [0.717, 1.165) is 6.08 Å². The van der Waals surface area contributed by atoms with Crippen molar-refractivity contribution in [2.45, 2.75) is 18.4 Å². The molecular weight excluding hydrogens is 222 g/mol. The molecule has 0 saturated carbocycles. The van der Waals surface area contributed by atoms with Crippen molar-refractivity contribution in [3.05, 3.63) is 47.5 Å². The van der Waals surface area contributed by atoms with E-state index in [1.54, 1.807) is 12.1 Å². The van der Waals surface area contributed by atoms with Crippen LogP contribution in [0.2, 0.25) is 5.02 Å². The Hall–Kier alpha value is -0.930. The van der Waals surface area contributed by atoms with Crippen LogP contribution in [-0.4, -0.2) is 17.1 Å². The van der Waals surface area contributed by atoms with Crippen LogP contribution in [-0.2, 0) is 6.42 Å². The van der Waals surface area contributed by atoms with Crippen molar-refractivity contribution in [3.8, 4) is 0 Å². The molecule has 1 aromatic carbocycles. The van der Waals surface area contributed by atoms with E-state index in [4.69, 9.17) is 16.7 Å². The average molecular weight is 233 g/mol. The molecule has 1 N–H and O–H groups in total. The zero-order valence-corrected chi connectivity index (χ0v) is 8.72. The second kappa shape index (κ2) is 4.73. The maximum Gasteiger partial charge on any atom is 0.280 e. The van der Waals surface area contributed by atoms with E-state index < -0.39 is 18.4 Å². The quantitative estimate of drug-likeness (QED) is 0.791. The summed E-state index contributed by atoms with van der Waals surface area (Å²) in [5.74, 6) is -3.22. The lowest BCUT2D eigenvalue weighted by atomic mass is 10.0. The normalized spacial score (nSPS) is 13.6. The molecular formula is C11H11ClF2O. The fraction of sp³-hybridized carbons (Fsp3) is 0.273. The number of alkyl halides is 2. The van der Waals surface area contributed by atoms with Crippen LogP contribution in [0.4, 0.5) is 8.78 Å². The maximum atomic E-state index is 13.3. The summed E-state index contributed by atoms with van der Waals surface area (Å²) < 4.78 is 26.5. The summed E-state index contributed by atoms with van der Waals surface area (Å²) in [6.45, 7) is 3.13. The number of benzene rings is 1. The van der Waals surface area contributed by atoms with Crippen LogP contribution >= 0.6 is 11.6 Å². The molecule has 0 bridgehead atoms. The molecule has 0 fully saturated rings. The molecule has 0 aliphatic heterocycles. The second-order valence-electron chi connectivity index (χ2n) is 3.25. The lowest BCUT2D eigenvalue weighted by molar-refractivity contribution is -0.0850. The van der Waals surface area contributed by atoms with E-state index in [9.17, 15) is 8.78 Å². The summed E-state index contributed by atoms with van der Waals surface area (Å²) in [6, 6.07) is 6.18. The van der Waals surface area contributed by atoms with Crippen molar-refractivity contribution in [3.63, 3.8) is 0 Å². The van der Waals surface area contributed by atoms with Crippen LogP contribution in [0.5, 0.6) is 0 Å². The van der Waals surface area contributed by atoms with E-state index in [-0.39, 0.29) is 0 Å². The van der Waals surface area contributed by atoms with Crippen LogP contribution in [0.25, 0.3) is 0 Å². The van der Waals surface area contributed by atoms with Crippen LogP contribution in [0.3, 0.4) is 0 Å². The van der Waals surface area contributed by atoms with E-state index >= 15 is 0 Å². The van der Waals surface area contributed by atoms with E-state index in [0.29, 0.717) is 10.6 Å². The first kappa shape index (κ1) is 12.1. The molecule has 82 valence electrons. The Labute approximate surface area is 92.0 Å². The first-order valence-electron chi connectivity index (χ1n) is 4.38. The molecule has 0 spiro atoms. The molecule has 1 atom stereocenters. The minimum atomic E-state index is -3.22. The molecule has 0 saturated heterocycles. The molecule has 0 radical (unpaired) electrons. The Morgan fingerprint density at radius 2 is 2.20 bits per heavy atom. The predicted octanol–water partition coefficient (Wildman–Crippen LogP) is 3.06. The highest BCUT2D eigenvalue weighted by Crippen LogP contribution is 2.25. The van der Waals surface area contributed by atoms with Crippen molar-refractivity contribution in [2.24, 2.45) is 0 Å². The largest absolute Gasteiger partial charge is 0.383 e. The van der Waals surface area contributed by atoms with Crippen LogP contribution < -0.4 is 0 Å². The van der Waals surface area contributed by atoms with E-state index in [1.165, 1.54) is 12.1 Å². The van der Waals surface area contributed by atoms with Gasteiger partial charge in [0, 0.05) is 11.4 Å². The topological polar surface area (TPSA) is 20.2 Å². The molecule has 0 heterocycles. The van der Waals surface area contributed by atoms with Crippen molar-refractivity contribution in [1.29, 1.82) is 0 Å². The zero-order chi connectivity index (χ0) is 11.5. The minimum Gasteiger partial charge on any atom is -0.383 e. The van der Waals surface area contributed by atoms with Gasteiger partial charge in [-0.2, -0.15) is 0 Å². The Balaban J connectivity index is 2.81. The Morgan fingerprint density at radius 3 is 2.73 bits per heavy atom. The SMILES string of the molecule is C=CC(O)C(F)(F)Cc1cccc(Cl)c1. The van der Waals surface area contributed by atoms with Crippen molar-refractivity contribution < 1.29 is 13.9 Å². The Morgan fingerprint density at radius 1 is 1.53 bits per heavy atom. The summed E-state index contributed by atoms with van der Waals surface area (Å²) in [6.07, 6.45) is -1.57. The second-order valence-corrected chi connectivity index (χ2v) is 3.68. The molecule has 0 aliphatic carbocycles. The van der Waals surface area contributed by atoms with Gasteiger partial charge in [-0.1, -0.05) is 29.8 Å². The van der Waals surface area contributed by atoms with Gasteiger partial charge in [-0.15, -0.1) is 6.58 Å². The van der Waals surface area contributed by atoms with Gasteiger partial charge in [-0.25, -0.2) is 8.78 Å². The van der Waals surface area contributed by atoms with Crippen LogP contribution in [0, 0.1) is 0 Å². The lowest BCUT2D eigenvalue weighted by Gasteiger charge is -2.19. The molecule has 0 aromatic heterocycles. The molecule has 0 amide bonds. The number of rotatable bonds is 4. The number of aliphatic hydroxyl groups is 1. The van der Waals surface area contributed by atoms with E-state index in [1.807, 2.05) is 0 Å². The summed E-state index contributed by atoms with van der Waals surface area (Å²) >= 11 is 5.66. The first-order chi connectivity index (χ1) is 6.95. The summed E-state index contributed by atoms with van der Waals surface area (Å²) in [4.78, 5) is 0. The van der Waals surface area contributed by atoms with Crippen molar-refractivity contribution in [1.82, 2.24) is 0 Å². The van der Waals surface area contributed by atoms with Crippen molar-refractivity contribution in [2.75, 3.05) is 0 Å². The molecule has 15 heavy (non-hydrogen) atoms. The summed E-state index contributed by atoms with van der Waals surface area (Å²) in [5.41, 5.74) is 0.383. The Bertz CT molecular complexity index is 352. The lowest BCUT2D eigenvalue weighted by Crippen LogP contribution is -2.33. The minimum absolute atomic E-state index is 0.383. The summed E-state index contributed by atoms with van der Waals surface area (Å²) in [5, 5.41) is 9.41. The third-order valence-corrected chi connectivity index (χ3v) is 2.22. The molecule has 1 unspecified atom stereocenters.